The van der Waals surface area contributed by atoms with Crippen LogP contribution in [-0.2, 0) is 12.0 Å². The maximum atomic E-state index is 6.56. The second-order valence-electron chi connectivity index (χ2n) is 4.73. The van der Waals surface area contributed by atoms with Crippen molar-refractivity contribution in [2.75, 3.05) is 0 Å². The number of rotatable bonds is 2. The summed E-state index contributed by atoms with van der Waals surface area (Å²) in [6, 6.07) is 8.69. The zero-order valence-electron chi connectivity index (χ0n) is 9.63. The Balaban J connectivity index is 2.34. The second-order valence-corrected chi connectivity index (χ2v) is 4.73. The summed E-state index contributed by atoms with van der Waals surface area (Å²) in [5.41, 5.74) is 9.35. The molecular formula is C14H21N. The van der Waals surface area contributed by atoms with Crippen LogP contribution in [0.2, 0.25) is 0 Å². The SMILES string of the molecule is CCc1ccccc1C1(N)CCCCC1. The summed E-state index contributed by atoms with van der Waals surface area (Å²) in [5.74, 6) is 0. The highest BCUT2D eigenvalue weighted by atomic mass is 14.7. The summed E-state index contributed by atoms with van der Waals surface area (Å²) >= 11 is 0. The third-order valence-corrected chi connectivity index (χ3v) is 3.68. The minimum atomic E-state index is -0.0369. The molecule has 1 aromatic rings. The summed E-state index contributed by atoms with van der Waals surface area (Å²) in [5, 5.41) is 0. The van der Waals surface area contributed by atoms with Crippen LogP contribution in [0.1, 0.15) is 50.2 Å². The Morgan fingerprint density at radius 2 is 1.80 bits per heavy atom. The quantitative estimate of drug-likeness (QED) is 0.783. The van der Waals surface area contributed by atoms with E-state index in [-0.39, 0.29) is 5.54 Å². The van der Waals surface area contributed by atoms with E-state index in [1.807, 2.05) is 0 Å². The molecule has 0 amide bonds. The average Bonchev–Trinajstić information content (AvgIpc) is 2.30. The predicted molar refractivity (Wildman–Crippen MR) is 64.8 cm³/mol. The first-order valence-corrected chi connectivity index (χ1v) is 6.13. The lowest BCUT2D eigenvalue weighted by molar-refractivity contribution is 0.300. The van der Waals surface area contributed by atoms with E-state index in [9.17, 15) is 0 Å². The van der Waals surface area contributed by atoms with Gasteiger partial charge in [0.1, 0.15) is 0 Å². The van der Waals surface area contributed by atoms with Gasteiger partial charge < -0.3 is 5.73 Å². The van der Waals surface area contributed by atoms with Gasteiger partial charge in [0.05, 0.1) is 0 Å². The van der Waals surface area contributed by atoms with Crippen molar-refractivity contribution in [3.05, 3.63) is 35.4 Å². The Kier molecular flexibility index (Phi) is 3.11. The van der Waals surface area contributed by atoms with Crippen molar-refractivity contribution >= 4 is 0 Å². The highest BCUT2D eigenvalue weighted by Crippen LogP contribution is 2.36. The van der Waals surface area contributed by atoms with Crippen molar-refractivity contribution in [1.82, 2.24) is 0 Å². The first-order chi connectivity index (χ1) is 7.26. The van der Waals surface area contributed by atoms with Crippen LogP contribution in [0.5, 0.6) is 0 Å². The molecule has 0 spiro atoms. The molecule has 0 heterocycles. The van der Waals surface area contributed by atoms with Crippen molar-refractivity contribution in [2.24, 2.45) is 5.73 Å². The molecule has 0 bridgehead atoms. The zero-order chi connectivity index (χ0) is 10.7. The fraction of sp³-hybridized carbons (Fsp3) is 0.571. The molecule has 0 radical (unpaired) electrons. The molecule has 2 N–H and O–H groups in total. The first-order valence-electron chi connectivity index (χ1n) is 6.13. The maximum Gasteiger partial charge on any atom is 0.0412 e. The number of nitrogens with two attached hydrogens (primary N) is 1. The summed E-state index contributed by atoms with van der Waals surface area (Å²) in [6.07, 6.45) is 7.33. The molecule has 1 aliphatic rings. The molecule has 1 heteroatoms. The van der Waals surface area contributed by atoms with E-state index in [0.29, 0.717) is 0 Å². The standard InChI is InChI=1S/C14H21N/c1-2-12-8-4-5-9-13(12)14(15)10-6-3-7-11-14/h4-5,8-9H,2-3,6-7,10-11,15H2,1H3. The highest BCUT2D eigenvalue weighted by Gasteiger charge is 2.30. The number of aryl methyl sites for hydroxylation is 1. The van der Waals surface area contributed by atoms with Crippen molar-refractivity contribution in [1.29, 1.82) is 0 Å². The molecule has 0 aromatic heterocycles. The Bertz CT molecular complexity index is 324. The summed E-state index contributed by atoms with van der Waals surface area (Å²) < 4.78 is 0. The largest absolute Gasteiger partial charge is 0.321 e. The normalized spacial score (nSPS) is 20.1. The van der Waals surface area contributed by atoms with Gasteiger partial charge in [0.2, 0.25) is 0 Å². The van der Waals surface area contributed by atoms with Crippen LogP contribution in [0.15, 0.2) is 24.3 Å². The minimum absolute atomic E-state index is 0.0369. The molecular weight excluding hydrogens is 182 g/mol. The van der Waals surface area contributed by atoms with E-state index in [0.717, 1.165) is 19.3 Å². The molecule has 0 atom stereocenters. The third-order valence-electron chi connectivity index (χ3n) is 3.68. The number of hydrogen-bond acceptors (Lipinski definition) is 1. The molecule has 1 nitrogen and oxygen atoms in total. The highest BCUT2D eigenvalue weighted by molar-refractivity contribution is 5.33. The second kappa shape index (κ2) is 4.36. The third kappa shape index (κ3) is 2.07. The van der Waals surface area contributed by atoms with E-state index in [1.165, 1.54) is 30.4 Å². The van der Waals surface area contributed by atoms with Gasteiger partial charge in [-0.3, -0.25) is 0 Å². The van der Waals surface area contributed by atoms with Crippen LogP contribution in [-0.4, -0.2) is 0 Å². The smallest absolute Gasteiger partial charge is 0.0412 e. The lowest BCUT2D eigenvalue weighted by Gasteiger charge is -2.35. The van der Waals surface area contributed by atoms with Gasteiger partial charge in [0.15, 0.2) is 0 Å². The van der Waals surface area contributed by atoms with Crippen molar-refractivity contribution < 1.29 is 0 Å². The van der Waals surface area contributed by atoms with Crippen LogP contribution in [0.25, 0.3) is 0 Å². The van der Waals surface area contributed by atoms with Crippen LogP contribution >= 0.6 is 0 Å². The van der Waals surface area contributed by atoms with Gasteiger partial charge in [0, 0.05) is 5.54 Å². The van der Waals surface area contributed by atoms with Gasteiger partial charge in [-0.25, -0.2) is 0 Å². The molecule has 82 valence electrons. The molecule has 1 saturated carbocycles. The van der Waals surface area contributed by atoms with E-state index < -0.39 is 0 Å². The van der Waals surface area contributed by atoms with Crippen molar-refractivity contribution in [2.45, 2.75) is 51.0 Å². The summed E-state index contributed by atoms with van der Waals surface area (Å²) in [6.45, 7) is 2.21. The monoisotopic (exact) mass is 203 g/mol. The number of benzene rings is 1. The van der Waals surface area contributed by atoms with Crippen LogP contribution < -0.4 is 5.73 Å². The van der Waals surface area contributed by atoms with E-state index in [4.69, 9.17) is 5.73 Å². The zero-order valence-corrected chi connectivity index (χ0v) is 9.63. The van der Waals surface area contributed by atoms with Gasteiger partial charge >= 0.3 is 0 Å². The minimum Gasteiger partial charge on any atom is -0.321 e. The Morgan fingerprint density at radius 3 is 2.47 bits per heavy atom. The molecule has 15 heavy (non-hydrogen) atoms. The molecule has 1 aromatic carbocycles. The molecule has 1 aliphatic carbocycles. The van der Waals surface area contributed by atoms with E-state index in [1.54, 1.807) is 0 Å². The van der Waals surface area contributed by atoms with Gasteiger partial charge in [0.25, 0.3) is 0 Å². The molecule has 0 unspecified atom stereocenters. The fourth-order valence-corrected chi connectivity index (χ4v) is 2.77. The summed E-state index contributed by atoms with van der Waals surface area (Å²) in [4.78, 5) is 0. The lowest BCUT2D eigenvalue weighted by Crippen LogP contribution is -2.39. The molecule has 2 rings (SSSR count). The average molecular weight is 203 g/mol. The Morgan fingerprint density at radius 1 is 1.13 bits per heavy atom. The fourth-order valence-electron chi connectivity index (χ4n) is 2.77. The Hall–Kier alpha value is -0.820. The van der Waals surface area contributed by atoms with Crippen LogP contribution in [0.3, 0.4) is 0 Å². The van der Waals surface area contributed by atoms with Gasteiger partial charge in [-0.1, -0.05) is 50.5 Å². The first kappa shape index (κ1) is 10.7. The maximum absolute atomic E-state index is 6.56. The Labute approximate surface area is 92.7 Å². The molecule has 0 saturated heterocycles. The number of hydrogen-bond donors (Lipinski definition) is 1. The van der Waals surface area contributed by atoms with Crippen molar-refractivity contribution in [3.8, 4) is 0 Å². The van der Waals surface area contributed by atoms with Gasteiger partial charge in [-0.05, 0) is 30.4 Å². The van der Waals surface area contributed by atoms with Gasteiger partial charge in [-0.2, -0.15) is 0 Å². The van der Waals surface area contributed by atoms with Gasteiger partial charge in [-0.15, -0.1) is 0 Å². The molecule has 0 aliphatic heterocycles. The topological polar surface area (TPSA) is 26.0 Å². The van der Waals surface area contributed by atoms with E-state index in [2.05, 4.69) is 31.2 Å². The molecule has 1 fully saturated rings. The van der Waals surface area contributed by atoms with Crippen LogP contribution in [0, 0.1) is 0 Å². The predicted octanol–water partition coefficient (Wildman–Crippen LogP) is 3.37. The van der Waals surface area contributed by atoms with E-state index >= 15 is 0 Å². The van der Waals surface area contributed by atoms with Crippen molar-refractivity contribution in [3.63, 3.8) is 0 Å². The lowest BCUT2D eigenvalue weighted by atomic mass is 9.75. The summed E-state index contributed by atoms with van der Waals surface area (Å²) in [7, 11) is 0. The van der Waals surface area contributed by atoms with Crippen LogP contribution in [0.4, 0.5) is 0 Å².